The van der Waals surface area contributed by atoms with Crippen molar-refractivity contribution in [3.63, 3.8) is 0 Å². The van der Waals surface area contributed by atoms with E-state index in [9.17, 15) is 14.0 Å². The minimum Gasteiger partial charge on any atom is -0.458 e. The number of rotatable bonds is 4. The van der Waals surface area contributed by atoms with E-state index in [1.165, 1.54) is 30.4 Å². The molecule has 4 nitrogen and oxygen atoms in total. The standard InChI is InChI=1S/C20H15FO4/c1-13-2-8-17-15(11-20(23)25-18(17)10-13)12-24-19(22)9-5-14-3-6-16(21)7-4-14/h2-11H,12H2,1H3. The summed E-state index contributed by atoms with van der Waals surface area (Å²) in [5.74, 6) is -0.900. The zero-order valence-electron chi connectivity index (χ0n) is 13.5. The van der Waals surface area contributed by atoms with Crippen molar-refractivity contribution >= 4 is 23.0 Å². The average molecular weight is 338 g/mol. The second kappa shape index (κ2) is 7.13. The molecule has 3 rings (SSSR count). The van der Waals surface area contributed by atoms with Gasteiger partial charge in [-0.3, -0.25) is 0 Å². The Labute approximate surface area is 143 Å². The molecule has 0 unspecified atom stereocenters. The van der Waals surface area contributed by atoms with Crippen LogP contribution in [-0.4, -0.2) is 5.97 Å². The number of hydrogen-bond donors (Lipinski definition) is 0. The van der Waals surface area contributed by atoms with Crippen LogP contribution in [0.1, 0.15) is 16.7 Å². The maximum absolute atomic E-state index is 12.8. The highest BCUT2D eigenvalue weighted by atomic mass is 19.1. The highest BCUT2D eigenvalue weighted by Crippen LogP contribution is 2.19. The Morgan fingerprint density at radius 3 is 2.68 bits per heavy atom. The van der Waals surface area contributed by atoms with Crippen LogP contribution < -0.4 is 5.63 Å². The fourth-order valence-electron chi connectivity index (χ4n) is 2.39. The quantitative estimate of drug-likeness (QED) is 0.410. The van der Waals surface area contributed by atoms with Gasteiger partial charge in [-0.05, 0) is 42.3 Å². The summed E-state index contributed by atoms with van der Waals surface area (Å²) in [6.45, 7) is 1.85. The Kier molecular flexibility index (Phi) is 4.75. The number of carbonyl (C=O) groups is 1. The first-order chi connectivity index (χ1) is 12.0. The van der Waals surface area contributed by atoms with Crippen molar-refractivity contribution in [2.75, 3.05) is 0 Å². The molecule has 0 aliphatic rings. The Bertz CT molecular complexity index is 1000. The van der Waals surface area contributed by atoms with Gasteiger partial charge in [0.25, 0.3) is 0 Å². The van der Waals surface area contributed by atoms with E-state index in [0.29, 0.717) is 16.7 Å². The Morgan fingerprint density at radius 1 is 1.16 bits per heavy atom. The number of halogens is 1. The first-order valence-electron chi connectivity index (χ1n) is 7.65. The predicted octanol–water partition coefficient (Wildman–Crippen LogP) is 4.00. The van der Waals surface area contributed by atoms with Crippen LogP contribution in [0.25, 0.3) is 17.0 Å². The Balaban J connectivity index is 1.73. The molecule has 3 aromatic rings. The monoisotopic (exact) mass is 338 g/mol. The van der Waals surface area contributed by atoms with Crippen LogP contribution in [-0.2, 0) is 16.1 Å². The molecular formula is C20H15FO4. The van der Waals surface area contributed by atoms with Crippen molar-refractivity contribution in [2.45, 2.75) is 13.5 Å². The molecule has 1 heterocycles. The lowest BCUT2D eigenvalue weighted by Gasteiger charge is -2.06. The van der Waals surface area contributed by atoms with Crippen LogP contribution in [0.15, 0.2) is 63.8 Å². The summed E-state index contributed by atoms with van der Waals surface area (Å²) >= 11 is 0. The number of carbonyl (C=O) groups excluding carboxylic acids is 1. The molecular weight excluding hydrogens is 323 g/mol. The zero-order valence-corrected chi connectivity index (χ0v) is 13.5. The van der Waals surface area contributed by atoms with Gasteiger partial charge in [-0.15, -0.1) is 0 Å². The van der Waals surface area contributed by atoms with Crippen molar-refractivity contribution in [1.29, 1.82) is 0 Å². The summed E-state index contributed by atoms with van der Waals surface area (Å²) in [5.41, 5.74) is 2.19. The smallest absolute Gasteiger partial charge is 0.336 e. The van der Waals surface area contributed by atoms with E-state index in [0.717, 1.165) is 10.9 Å². The maximum Gasteiger partial charge on any atom is 0.336 e. The van der Waals surface area contributed by atoms with Crippen LogP contribution in [0.3, 0.4) is 0 Å². The molecule has 126 valence electrons. The van der Waals surface area contributed by atoms with E-state index in [1.54, 1.807) is 18.2 Å². The van der Waals surface area contributed by atoms with E-state index in [-0.39, 0.29) is 12.4 Å². The molecule has 0 spiro atoms. The van der Waals surface area contributed by atoms with Gasteiger partial charge < -0.3 is 9.15 Å². The third kappa shape index (κ3) is 4.20. The van der Waals surface area contributed by atoms with Crippen molar-refractivity contribution < 1.29 is 18.3 Å². The van der Waals surface area contributed by atoms with Gasteiger partial charge >= 0.3 is 11.6 Å². The van der Waals surface area contributed by atoms with Gasteiger partial charge in [0, 0.05) is 23.1 Å². The highest BCUT2D eigenvalue weighted by Gasteiger charge is 2.08. The minimum absolute atomic E-state index is 0.0439. The summed E-state index contributed by atoms with van der Waals surface area (Å²) < 4.78 is 23.2. The van der Waals surface area contributed by atoms with Gasteiger partial charge in [0.2, 0.25) is 0 Å². The molecule has 1 aromatic heterocycles. The fourth-order valence-corrected chi connectivity index (χ4v) is 2.39. The molecule has 0 aliphatic carbocycles. The molecule has 0 atom stereocenters. The molecule has 0 aliphatic heterocycles. The van der Waals surface area contributed by atoms with Gasteiger partial charge in [-0.25, -0.2) is 14.0 Å². The first kappa shape index (κ1) is 16.6. The average Bonchev–Trinajstić information content (AvgIpc) is 2.58. The van der Waals surface area contributed by atoms with E-state index in [4.69, 9.17) is 9.15 Å². The van der Waals surface area contributed by atoms with Gasteiger partial charge in [-0.2, -0.15) is 0 Å². The summed E-state index contributed by atoms with van der Waals surface area (Å²) in [7, 11) is 0. The topological polar surface area (TPSA) is 56.5 Å². The Hall–Kier alpha value is -3.21. The van der Waals surface area contributed by atoms with Crippen molar-refractivity contribution in [2.24, 2.45) is 0 Å². The van der Waals surface area contributed by atoms with Gasteiger partial charge in [-0.1, -0.05) is 24.3 Å². The molecule has 0 amide bonds. The lowest BCUT2D eigenvalue weighted by Crippen LogP contribution is -2.05. The lowest BCUT2D eigenvalue weighted by atomic mass is 10.1. The molecule has 0 bridgehead atoms. The number of esters is 1. The number of aryl methyl sites for hydroxylation is 1. The molecule has 5 heteroatoms. The third-order valence-electron chi connectivity index (χ3n) is 3.64. The molecule has 0 saturated heterocycles. The molecule has 0 fully saturated rings. The molecule has 0 radical (unpaired) electrons. The van der Waals surface area contributed by atoms with Crippen molar-refractivity contribution in [3.05, 3.63) is 87.5 Å². The second-order valence-electron chi connectivity index (χ2n) is 5.58. The predicted molar refractivity (Wildman–Crippen MR) is 92.5 cm³/mol. The van der Waals surface area contributed by atoms with Crippen molar-refractivity contribution in [3.8, 4) is 0 Å². The first-order valence-corrected chi connectivity index (χ1v) is 7.65. The van der Waals surface area contributed by atoms with Crippen LogP contribution in [0.2, 0.25) is 0 Å². The van der Waals surface area contributed by atoms with Gasteiger partial charge in [0.15, 0.2) is 0 Å². The summed E-state index contributed by atoms with van der Waals surface area (Å²) in [6, 6.07) is 12.5. The summed E-state index contributed by atoms with van der Waals surface area (Å²) in [5, 5.41) is 0.723. The number of ether oxygens (including phenoxy) is 1. The zero-order chi connectivity index (χ0) is 17.8. The van der Waals surface area contributed by atoms with E-state index >= 15 is 0 Å². The SMILES string of the molecule is Cc1ccc2c(COC(=O)C=Cc3ccc(F)cc3)cc(=O)oc2c1. The molecule has 0 saturated carbocycles. The fraction of sp³-hybridized carbons (Fsp3) is 0.100. The number of benzene rings is 2. The largest absolute Gasteiger partial charge is 0.458 e. The number of fused-ring (bicyclic) bond motifs is 1. The van der Waals surface area contributed by atoms with Crippen molar-refractivity contribution in [1.82, 2.24) is 0 Å². The van der Waals surface area contributed by atoms with Crippen LogP contribution in [0.5, 0.6) is 0 Å². The van der Waals surface area contributed by atoms with Gasteiger partial charge in [0.1, 0.15) is 18.0 Å². The van der Waals surface area contributed by atoms with E-state index in [2.05, 4.69) is 0 Å². The minimum atomic E-state index is -0.558. The van der Waals surface area contributed by atoms with Crippen LogP contribution in [0, 0.1) is 12.7 Å². The molecule has 0 N–H and O–H groups in total. The highest BCUT2D eigenvalue weighted by molar-refractivity contribution is 5.87. The number of hydrogen-bond acceptors (Lipinski definition) is 4. The van der Waals surface area contributed by atoms with E-state index in [1.807, 2.05) is 19.1 Å². The van der Waals surface area contributed by atoms with Crippen LogP contribution in [0.4, 0.5) is 4.39 Å². The third-order valence-corrected chi connectivity index (χ3v) is 3.64. The Morgan fingerprint density at radius 2 is 1.92 bits per heavy atom. The second-order valence-corrected chi connectivity index (χ2v) is 5.58. The molecule has 25 heavy (non-hydrogen) atoms. The lowest BCUT2D eigenvalue weighted by molar-refractivity contribution is -0.138. The van der Waals surface area contributed by atoms with Gasteiger partial charge in [0.05, 0.1) is 0 Å². The van der Waals surface area contributed by atoms with Crippen LogP contribution >= 0.6 is 0 Å². The normalized spacial score (nSPS) is 11.1. The molecule has 2 aromatic carbocycles. The summed E-state index contributed by atoms with van der Waals surface area (Å²) in [4.78, 5) is 23.5. The van der Waals surface area contributed by atoms with E-state index < -0.39 is 11.6 Å². The summed E-state index contributed by atoms with van der Waals surface area (Å²) in [6.07, 6.45) is 2.79. The maximum atomic E-state index is 12.8.